The number of carbonyl (C=O) groups excluding carboxylic acids is 4. The highest BCUT2D eigenvalue weighted by molar-refractivity contribution is 5.90. The maximum absolute atomic E-state index is 14.3. The number of amides is 2. The third kappa shape index (κ3) is 11.2. The number of hydrogen-bond donors (Lipinski definition) is 1. The third-order valence-corrected chi connectivity index (χ3v) is 12.2. The Morgan fingerprint density at radius 2 is 1.65 bits per heavy atom. The van der Waals surface area contributed by atoms with E-state index in [0.29, 0.717) is 19.4 Å². The molecule has 302 valence electrons. The molecule has 0 aliphatic carbocycles. The number of nitrogens with zero attached hydrogens (tertiary/aromatic N) is 4. The third-order valence-electron chi connectivity index (χ3n) is 12.2. The van der Waals surface area contributed by atoms with Gasteiger partial charge in [-0.2, -0.15) is 0 Å². The summed E-state index contributed by atoms with van der Waals surface area (Å²) in [4.78, 5) is 65.5. The largest absolute Gasteiger partial charge is 0.396 e. The van der Waals surface area contributed by atoms with Crippen LogP contribution in [0.15, 0.2) is 36.7 Å². The summed E-state index contributed by atoms with van der Waals surface area (Å²) in [5.74, 6) is -1.26. The summed E-state index contributed by atoms with van der Waals surface area (Å²) in [6.07, 6.45) is 7.46. The zero-order valence-corrected chi connectivity index (χ0v) is 35.1. The number of methoxy groups -OCH3 is 1. The number of aliphatic hydroxyl groups excluding tert-OH is 1. The molecule has 1 N–H and O–H groups in total. The molecule has 0 spiro atoms. The summed E-state index contributed by atoms with van der Waals surface area (Å²) in [6.45, 7) is 14.4. The summed E-state index contributed by atoms with van der Waals surface area (Å²) in [7, 11) is 7.18. The van der Waals surface area contributed by atoms with Crippen LogP contribution in [-0.4, -0.2) is 114 Å². The molecule has 54 heavy (non-hydrogen) atoms. The van der Waals surface area contributed by atoms with Crippen LogP contribution in [-0.2, 0) is 30.3 Å². The minimum atomic E-state index is -0.577. The number of aliphatic hydroxyl groups is 1. The number of rotatable bonds is 22. The Hall–Kier alpha value is -3.21. The number of pyridine rings is 1. The molecule has 1 aromatic carbocycles. The van der Waals surface area contributed by atoms with Gasteiger partial charge in [-0.1, -0.05) is 79.2 Å². The van der Waals surface area contributed by atoms with Gasteiger partial charge in [0.25, 0.3) is 0 Å². The monoisotopic (exact) mass is 751 g/mol. The molecule has 1 aliphatic rings. The lowest BCUT2D eigenvalue weighted by Crippen LogP contribution is -2.54. The zero-order chi connectivity index (χ0) is 40.3. The Labute approximate surface area is 325 Å². The van der Waals surface area contributed by atoms with Crippen molar-refractivity contribution in [2.24, 2.45) is 35.5 Å². The van der Waals surface area contributed by atoms with Crippen LogP contribution in [0.3, 0.4) is 0 Å². The lowest BCUT2D eigenvalue weighted by molar-refractivity contribution is -0.148. The number of aromatic nitrogens is 1. The lowest BCUT2D eigenvalue weighted by atomic mass is 9.82. The van der Waals surface area contributed by atoms with E-state index in [9.17, 15) is 24.3 Å². The molecule has 1 saturated heterocycles. The van der Waals surface area contributed by atoms with Crippen molar-refractivity contribution in [2.75, 3.05) is 41.4 Å². The Balaban J connectivity index is 1.73. The minimum absolute atomic E-state index is 0.0206. The van der Waals surface area contributed by atoms with Gasteiger partial charge >= 0.3 is 0 Å². The van der Waals surface area contributed by atoms with Gasteiger partial charge < -0.3 is 19.6 Å². The van der Waals surface area contributed by atoms with E-state index < -0.39 is 24.0 Å². The summed E-state index contributed by atoms with van der Waals surface area (Å²) < 4.78 is 6.05. The molecule has 2 heterocycles. The standard InChI is InChI=1S/C44H70N4O6/c1-12-30(6)43(47(10)44(53)35(28(2)3)23-39(51)42(29(4)5)46(8)9)40(54-11)24-41(52)48-22-16-20-37(48)36(27-49)31(7)38(50)21-15-18-33-26-45-25-32-17-13-14-19-34(32)33/h13-14,17,19,25-26,28-31,35-37,40,42-43,49H,12,15-16,18,20-24,27H2,1-11H3/t30-,31+,35-,36+,37-,40+,42-,43?/m0/s1. The van der Waals surface area contributed by atoms with Crippen molar-refractivity contribution in [2.45, 2.75) is 124 Å². The molecule has 0 radical (unpaired) electrons. The molecule has 1 unspecified atom stereocenters. The van der Waals surface area contributed by atoms with E-state index in [0.717, 1.165) is 42.0 Å². The average molecular weight is 751 g/mol. The molecule has 0 bridgehead atoms. The molecule has 3 rings (SSSR count). The number of ether oxygens (including phenoxy) is 1. The normalized spacial score (nSPS) is 18.8. The van der Waals surface area contributed by atoms with Crippen molar-refractivity contribution in [3.05, 3.63) is 42.2 Å². The quantitative estimate of drug-likeness (QED) is 0.146. The van der Waals surface area contributed by atoms with Crippen LogP contribution >= 0.6 is 0 Å². The van der Waals surface area contributed by atoms with Crippen molar-refractivity contribution in [1.82, 2.24) is 19.7 Å². The topological polar surface area (TPSA) is 120 Å². The molecule has 10 nitrogen and oxygen atoms in total. The van der Waals surface area contributed by atoms with E-state index in [1.165, 1.54) is 0 Å². The van der Waals surface area contributed by atoms with E-state index in [-0.39, 0.29) is 78.6 Å². The van der Waals surface area contributed by atoms with Crippen LogP contribution in [0.5, 0.6) is 0 Å². The van der Waals surface area contributed by atoms with Crippen LogP contribution in [0.4, 0.5) is 0 Å². The van der Waals surface area contributed by atoms with Crippen molar-refractivity contribution in [3.63, 3.8) is 0 Å². The molecule has 10 heteroatoms. The van der Waals surface area contributed by atoms with Crippen LogP contribution in [0.25, 0.3) is 10.8 Å². The maximum Gasteiger partial charge on any atom is 0.226 e. The van der Waals surface area contributed by atoms with Crippen LogP contribution in [0.1, 0.15) is 99.0 Å². The first-order chi connectivity index (χ1) is 25.6. The molecule has 1 fully saturated rings. The van der Waals surface area contributed by atoms with Crippen molar-refractivity contribution >= 4 is 34.2 Å². The fourth-order valence-electron chi connectivity index (χ4n) is 8.94. The van der Waals surface area contributed by atoms with Gasteiger partial charge in [0.15, 0.2) is 5.78 Å². The molecule has 0 saturated carbocycles. The van der Waals surface area contributed by atoms with Gasteiger partial charge in [0, 0.05) is 81.7 Å². The van der Waals surface area contributed by atoms with E-state index in [1.54, 1.807) is 19.1 Å². The highest BCUT2D eigenvalue weighted by Crippen LogP contribution is 2.33. The SMILES string of the molecule is CC[C@H](C)C([C@@H](CC(=O)N1CCC[C@H]1[C@H](CO)[C@@H](C)C(=O)CCCc1cncc2ccccc12)OC)N(C)C(=O)[C@@H](CC(=O)[C@H](C(C)C)N(C)C)C(C)C. The number of Topliss-reactive ketones (excluding diaryl/α,β-unsaturated/α-hetero) is 2. The minimum Gasteiger partial charge on any atom is -0.396 e. The first kappa shape index (κ1) is 45.2. The van der Waals surface area contributed by atoms with Crippen molar-refractivity contribution in [3.8, 4) is 0 Å². The van der Waals surface area contributed by atoms with Gasteiger partial charge in [-0.25, -0.2) is 0 Å². The summed E-state index contributed by atoms with van der Waals surface area (Å²) >= 11 is 0. The second-order valence-corrected chi connectivity index (χ2v) is 16.7. The number of benzene rings is 1. The molecule has 2 aromatic rings. The average Bonchev–Trinajstić information content (AvgIpc) is 3.62. The highest BCUT2D eigenvalue weighted by atomic mass is 16.5. The predicted octanol–water partition coefficient (Wildman–Crippen LogP) is 6.46. The highest BCUT2D eigenvalue weighted by Gasteiger charge is 2.42. The Morgan fingerprint density at radius 1 is 0.963 bits per heavy atom. The van der Waals surface area contributed by atoms with Crippen LogP contribution in [0.2, 0.25) is 0 Å². The number of likely N-dealkylation sites (tertiary alicyclic amines) is 1. The summed E-state index contributed by atoms with van der Waals surface area (Å²) in [5, 5.41) is 12.9. The summed E-state index contributed by atoms with van der Waals surface area (Å²) in [5.41, 5.74) is 1.12. The predicted molar refractivity (Wildman–Crippen MR) is 216 cm³/mol. The molecular weight excluding hydrogens is 681 g/mol. The summed E-state index contributed by atoms with van der Waals surface area (Å²) in [6, 6.07) is 7.20. The number of likely N-dealkylation sites (N-methyl/N-ethyl adjacent to an activating group) is 2. The van der Waals surface area contributed by atoms with E-state index in [4.69, 9.17) is 4.74 Å². The zero-order valence-electron chi connectivity index (χ0n) is 35.1. The number of ketones is 2. The van der Waals surface area contributed by atoms with Gasteiger partial charge in [0.1, 0.15) is 5.78 Å². The van der Waals surface area contributed by atoms with Gasteiger partial charge in [0.05, 0.1) is 24.6 Å². The molecule has 1 aromatic heterocycles. The number of fused-ring (bicyclic) bond motifs is 1. The van der Waals surface area contributed by atoms with Crippen molar-refractivity contribution in [1.29, 1.82) is 0 Å². The number of hydrogen-bond acceptors (Lipinski definition) is 8. The Morgan fingerprint density at radius 3 is 2.24 bits per heavy atom. The fraction of sp³-hybridized carbons (Fsp3) is 0.705. The first-order valence-electron chi connectivity index (χ1n) is 20.3. The molecule has 2 amide bonds. The number of carbonyl (C=O) groups is 4. The Kier molecular flexibility index (Phi) is 17.7. The Bertz CT molecular complexity index is 1510. The second-order valence-electron chi connectivity index (χ2n) is 16.7. The van der Waals surface area contributed by atoms with E-state index in [1.807, 2.05) is 89.1 Å². The van der Waals surface area contributed by atoms with Gasteiger partial charge in [-0.15, -0.1) is 0 Å². The molecule has 8 atom stereocenters. The van der Waals surface area contributed by atoms with Gasteiger partial charge in [0.2, 0.25) is 11.8 Å². The number of aryl methyl sites for hydroxylation is 1. The maximum atomic E-state index is 14.3. The van der Waals surface area contributed by atoms with Gasteiger partial charge in [-0.3, -0.25) is 29.1 Å². The first-order valence-corrected chi connectivity index (χ1v) is 20.3. The van der Waals surface area contributed by atoms with Crippen LogP contribution in [0, 0.1) is 35.5 Å². The van der Waals surface area contributed by atoms with E-state index in [2.05, 4.69) is 24.9 Å². The lowest BCUT2D eigenvalue weighted by Gasteiger charge is -2.41. The second kappa shape index (κ2) is 21.2. The fourth-order valence-corrected chi connectivity index (χ4v) is 8.94. The van der Waals surface area contributed by atoms with Crippen LogP contribution < -0.4 is 0 Å². The molecule has 1 aliphatic heterocycles. The van der Waals surface area contributed by atoms with Gasteiger partial charge in [-0.05, 0) is 68.5 Å². The van der Waals surface area contributed by atoms with Crippen molar-refractivity contribution < 1.29 is 29.0 Å². The van der Waals surface area contributed by atoms with E-state index >= 15 is 0 Å². The smallest absolute Gasteiger partial charge is 0.226 e. The molecular formula is C44H70N4O6.